The van der Waals surface area contributed by atoms with Gasteiger partial charge in [-0.3, -0.25) is 14.5 Å². The summed E-state index contributed by atoms with van der Waals surface area (Å²) in [5.41, 5.74) is 0.609. The van der Waals surface area contributed by atoms with Crippen molar-refractivity contribution < 1.29 is 19.1 Å². The molecule has 4 amide bonds. The van der Waals surface area contributed by atoms with Gasteiger partial charge in [-0.25, -0.2) is 4.79 Å². The van der Waals surface area contributed by atoms with Crippen LogP contribution >= 0.6 is 0 Å². The van der Waals surface area contributed by atoms with Crippen molar-refractivity contribution in [2.75, 3.05) is 19.6 Å². The predicted molar refractivity (Wildman–Crippen MR) is 95.4 cm³/mol. The zero-order valence-electron chi connectivity index (χ0n) is 15.6. The van der Waals surface area contributed by atoms with E-state index in [1.807, 2.05) is 45.0 Å². The van der Waals surface area contributed by atoms with Crippen molar-refractivity contribution in [1.82, 2.24) is 15.1 Å². The highest BCUT2D eigenvalue weighted by atomic mass is 16.5. The van der Waals surface area contributed by atoms with Gasteiger partial charge in [0.15, 0.2) is 0 Å². The fourth-order valence-electron chi connectivity index (χ4n) is 3.54. The average molecular weight is 359 g/mol. The Balaban J connectivity index is 1.75. The van der Waals surface area contributed by atoms with E-state index >= 15 is 0 Å². The van der Waals surface area contributed by atoms with Crippen molar-refractivity contribution in [2.45, 2.75) is 45.4 Å². The minimum atomic E-state index is -1.16. The van der Waals surface area contributed by atoms with Crippen LogP contribution in [0.15, 0.2) is 24.3 Å². The first kappa shape index (κ1) is 18.4. The third-order valence-corrected chi connectivity index (χ3v) is 4.97. The number of carbonyl (C=O) groups excluding carboxylic acids is 3. The summed E-state index contributed by atoms with van der Waals surface area (Å²) < 4.78 is 5.63. The van der Waals surface area contributed by atoms with Crippen LogP contribution in [0, 0.1) is 6.92 Å². The van der Waals surface area contributed by atoms with Gasteiger partial charge in [0.2, 0.25) is 5.91 Å². The lowest BCUT2D eigenvalue weighted by molar-refractivity contribution is -0.146. The van der Waals surface area contributed by atoms with E-state index in [-0.39, 0.29) is 24.7 Å². The van der Waals surface area contributed by atoms with Crippen LogP contribution in [0.5, 0.6) is 0 Å². The molecule has 0 spiro atoms. The Labute approximate surface area is 153 Å². The summed E-state index contributed by atoms with van der Waals surface area (Å²) in [6.45, 7) is 8.09. The highest BCUT2D eigenvalue weighted by molar-refractivity contribution is 6.09. The number of nitrogens with one attached hydrogen (secondary N) is 1. The Morgan fingerprint density at radius 1 is 1.19 bits per heavy atom. The molecule has 26 heavy (non-hydrogen) atoms. The number of carbonyl (C=O) groups is 3. The molecule has 140 valence electrons. The zero-order valence-corrected chi connectivity index (χ0v) is 15.6. The number of urea groups is 1. The van der Waals surface area contributed by atoms with Gasteiger partial charge in [0.05, 0.1) is 12.2 Å². The van der Waals surface area contributed by atoms with Crippen molar-refractivity contribution in [2.24, 2.45) is 0 Å². The van der Waals surface area contributed by atoms with Gasteiger partial charge >= 0.3 is 6.03 Å². The first-order valence-electron chi connectivity index (χ1n) is 8.85. The number of imide groups is 1. The molecule has 0 aliphatic carbocycles. The van der Waals surface area contributed by atoms with E-state index in [2.05, 4.69) is 5.32 Å². The SMILES string of the molecule is Cc1ccc([C@]2(C)NC(=O)N(CC(=O)N3C[C@@H](C)O[C@H](C)C3)C2=O)cc1. The van der Waals surface area contributed by atoms with Crippen LogP contribution in [0.2, 0.25) is 0 Å². The van der Waals surface area contributed by atoms with Crippen molar-refractivity contribution in [3.63, 3.8) is 0 Å². The van der Waals surface area contributed by atoms with Gasteiger partial charge in [0.1, 0.15) is 12.1 Å². The highest BCUT2D eigenvalue weighted by Crippen LogP contribution is 2.29. The number of amides is 4. The number of aryl methyl sites for hydroxylation is 1. The second-order valence-electron chi connectivity index (χ2n) is 7.37. The van der Waals surface area contributed by atoms with Gasteiger partial charge in [-0.05, 0) is 33.3 Å². The van der Waals surface area contributed by atoms with Gasteiger partial charge in [0, 0.05) is 13.1 Å². The summed E-state index contributed by atoms with van der Waals surface area (Å²) in [7, 11) is 0. The van der Waals surface area contributed by atoms with Crippen molar-refractivity contribution in [3.05, 3.63) is 35.4 Å². The molecule has 0 saturated carbocycles. The first-order chi connectivity index (χ1) is 12.2. The molecule has 2 aliphatic heterocycles. The Kier molecular flexibility index (Phi) is 4.75. The lowest BCUT2D eigenvalue weighted by atomic mass is 9.91. The second-order valence-corrected chi connectivity index (χ2v) is 7.37. The van der Waals surface area contributed by atoms with Crippen LogP contribution in [-0.4, -0.2) is 59.5 Å². The number of morpholine rings is 1. The Bertz CT molecular complexity index is 723. The molecule has 0 bridgehead atoms. The monoisotopic (exact) mass is 359 g/mol. The Hall–Kier alpha value is -2.41. The van der Waals surface area contributed by atoms with Crippen molar-refractivity contribution in [1.29, 1.82) is 0 Å². The molecule has 0 radical (unpaired) electrons. The average Bonchev–Trinajstić information content (AvgIpc) is 2.78. The lowest BCUT2D eigenvalue weighted by Crippen LogP contribution is -2.52. The maximum atomic E-state index is 12.9. The van der Waals surface area contributed by atoms with E-state index in [1.165, 1.54) is 0 Å². The number of ether oxygens (including phenoxy) is 1. The van der Waals surface area contributed by atoms with Gasteiger partial charge in [-0.15, -0.1) is 0 Å². The quantitative estimate of drug-likeness (QED) is 0.828. The van der Waals surface area contributed by atoms with E-state index in [4.69, 9.17) is 4.74 Å². The molecule has 2 fully saturated rings. The number of hydrogen-bond acceptors (Lipinski definition) is 4. The molecule has 7 nitrogen and oxygen atoms in total. The van der Waals surface area contributed by atoms with Gasteiger partial charge < -0.3 is 15.0 Å². The summed E-state index contributed by atoms with van der Waals surface area (Å²) in [6, 6.07) is 6.89. The van der Waals surface area contributed by atoms with Crippen molar-refractivity contribution >= 4 is 17.8 Å². The minimum absolute atomic E-state index is 0.0661. The molecule has 1 aromatic rings. The lowest BCUT2D eigenvalue weighted by Gasteiger charge is -2.35. The van der Waals surface area contributed by atoms with Gasteiger partial charge in [-0.1, -0.05) is 29.8 Å². The molecule has 3 atom stereocenters. The summed E-state index contributed by atoms with van der Waals surface area (Å²) in [6.07, 6.45) is -0.132. The fraction of sp³-hybridized carbons (Fsp3) is 0.526. The van der Waals surface area contributed by atoms with Crippen LogP contribution in [-0.2, 0) is 19.9 Å². The molecule has 3 rings (SSSR count). The smallest absolute Gasteiger partial charge is 0.325 e. The molecule has 2 saturated heterocycles. The summed E-state index contributed by atoms with van der Waals surface area (Å²) in [5.74, 6) is -0.655. The highest BCUT2D eigenvalue weighted by Gasteiger charge is 2.49. The van der Waals surface area contributed by atoms with Crippen LogP contribution < -0.4 is 5.32 Å². The molecule has 1 aromatic carbocycles. The molecule has 1 N–H and O–H groups in total. The van der Waals surface area contributed by atoms with Crippen LogP contribution in [0.4, 0.5) is 4.79 Å². The van der Waals surface area contributed by atoms with E-state index < -0.39 is 17.5 Å². The van der Waals surface area contributed by atoms with E-state index in [9.17, 15) is 14.4 Å². The molecular formula is C19H25N3O4. The van der Waals surface area contributed by atoms with Crippen LogP contribution in [0.1, 0.15) is 31.9 Å². The van der Waals surface area contributed by atoms with E-state index in [1.54, 1.807) is 11.8 Å². The van der Waals surface area contributed by atoms with Gasteiger partial charge in [0.25, 0.3) is 5.91 Å². The van der Waals surface area contributed by atoms with E-state index in [0.717, 1.165) is 10.5 Å². The number of nitrogens with zero attached hydrogens (tertiary/aromatic N) is 2. The largest absolute Gasteiger partial charge is 0.372 e. The normalized spacial score (nSPS) is 29.1. The number of benzene rings is 1. The number of rotatable bonds is 3. The Morgan fingerprint density at radius 2 is 1.77 bits per heavy atom. The zero-order chi connectivity index (χ0) is 19.1. The topological polar surface area (TPSA) is 79.0 Å². The third kappa shape index (κ3) is 3.31. The van der Waals surface area contributed by atoms with Crippen LogP contribution in [0.25, 0.3) is 0 Å². The maximum absolute atomic E-state index is 12.9. The summed E-state index contributed by atoms with van der Waals surface area (Å²) in [5, 5.41) is 2.73. The molecule has 2 aliphatic rings. The summed E-state index contributed by atoms with van der Waals surface area (Å²) >= 11 is 0. The minimum Gasteiger partial charge on any atom is -0.372 e. The molecule has 0 aromatic heterocycles. The molecule has 0 unspecified atom stereocenters. The standard InChI is InChI=1S/C19H25N3O4/c1-12-5-7-15(8-6-12)19(4)17(24)22(18(25)20-19)11-16(23)21-9-13(2)26-14(3)10-21/h5-8,13-14H,9-11H2,1-4H3,(H,20,25)/t13-,14-,19+/m1/s1. The van der Waals surface area contributed by atoms with Crippen LogP contribution in [0.3, 0.4) is 0 Å². The molecule has 7 heteroatoms. The molecular weight excluding hydrogens is 334 g/mol. The molecule has 2 heterocycles. The van der Waals surface area contributed by atoms with Crippen molar-refractivity contribution in [3.8, 4) is 0 Å². The summed E-state index contributed by atoms with van der Waals surface area (Å²) in [4.78, 5) is 40.6. The fourth-order valence-corrected chi connectivity index (χ4v) is 3.54. The Morgan fingerprint density at radius 3 is 2.35 bits per heavy atom. The third-order valence-electron chi connectivity index (χ3n) is 4.97. The predicted octanol–water partition coefficient (Wildman–Crippen LogP) is 1.40. The number of hydrogen-bond donors (Lipinski definition) is 1. The first-order valence-corrected chi connectivity index (χ1v) is 8.85. The maximum Gasteiger partial charge on any atom is 0.325 e. The van der Waals surface area contributed by atoms with Gasteiger partial charge in [-0.2, -0.15) is 0 Å². The second kappa shape index (κ2) is 6.72. The van der Waals surface area contributed by atoms with E-state index in [0.29, 0.717) is 18.7 Å².